The first kappa shape index (κ1) is 32.2. The van der Waals surface area contributed by atoms with Gasteiger partial charge in [-0.05, 0) is 0 Å². The standard InChI is InChI=1S/C18H35O.C2H6O4S.Na/c1-2-3-4-5-6-7-8-9-10-11-12-13-14-15-16-17-18-19;3-1-2-7(4,5)6;/h2-17H2,1H3;3H,1-2H2,(H,4,5,6);/q-1;;+1. The molecule has 0 aromatic heterocycles. The van der Waals surface area contributed by atoms with Gasteiger partial charge >= 0.3 is 29.6 Å². The number of hydrogen-bond acceptors (Lipinski definition) is 4. The van der Waals surface area contributed by atoms with Crippen molar-refractivity contribution in [2.24, 2.45) is 0 Å². The zero-order valence-electron chi connectivity index (χ0n) is 17.8. The third kappa shape index (κ3) is 37.9. The SMILES string of the molecule is CCCCCCCCCCCCCCCCC[C-]=O.O=S(=O)(O)CCO.[Na+]. The summed E-state index contributed by atoms with van der Waals surface area (Å²) in [6.45, 7) is 1.75. The number of aliphatic hydroxyl groups is 1. The zero-order valence-corrected chi connectivity index (χ0v) is 20.6. The molecule has 158 valence electrons. The molecule has 5 nitrogen and oxygen atoms in total. The molecule has 7 heteroatoms. The average molecular weight is 417 g/mol. The van der Waals surface area contributed by atoms with E-state index in [-0.39, 0.29) is 29.6 Å². The molecule has 0 spiro atoms. The van der Waals surface area contributed by atoms with Crippen molar-refractivity contribution >= 4 is 16.4 Å². The molecule has 0 fully saturated rings. The number of aliphatic hydroxyl groups excluding tert-OH is 1. The normalized spacial score (nSPS) is 10.6. The van der Waals surface area contributed by atoms with Crippen molar-refractivity contribution in [1.29, 1.82) is 0 Å². The first-order valence-corrected chi connectivity index (χ1v) is 12.0. The van der Waals surface area contributed by atoms with E-state index in [1.807, 2.05) is 6.29 Å². The van der Waals surface area contributed by atoms with Gasteiger partial charge in [-0.25, -0.2) is 0 Å². The minimum atomic E-state index is -3.92. The second-order valence-corrected chi connectivity index (χ2v) is 8.43. The Balaban J connectivity index is -0.000000612. The van der Waals surface area contributed by atoms with Crippen LogP contribution in [0, 0.1) is 0 Å². The van der Waals surface area contributed by atoms with E-state index >= 15 is 0 Å². The van der Waals surface area contributed by atoms with Gasteiger partial charge in [0.15, 0.2) is 0 Å². The van der Waals surface area contributed by atoms with Gasteiger partial charge in [0.1, 0.15) is 0 Å². The summed E-state index contributed by atoms with van der Waals surface area (Å²) >= 11 is 0. The molecule has 0 bridgehead atoms. The minimum Gasteiger partial charge on any atom is -0.542 e. The molecular formula is C20H41NaO5S. The molecular weight excluding hydrogens is 375 g/mol. The largest absolute Gasteiger partial charge is 1.00 e. The van der Waals surface area contributed by atoms with Gasteiger partial charge in [-0.2, -0.15) is 14.8 Å². The Morgan fingerprint density at radius 3 is 1.26 bits per heavy atom. The molecule has 0 aromatic carbocycles. The molecule has 27 heavy (non-hydrogen) atoms. The molecule has 0 rings (SSSR count). The summed E-state index contributed by atoms with van der Waals surface area (Å²) in [6.07, 6.45) is 23.2. The Morgan fingerprint density at radius 1 is 0.704 bits per heavy atom. The molecule has 0 unspecified atom stereocenters. The molecule has 0 saturated heterocycles. The van der Waals surface area contributed by atoms with Crippen molar-refractivity contribution in [2.75, 3.05) is 12.4 Å². The van der Waals surface area contributed by atoms with Crippen molar-refractivity contribution in [3.8, 4) is 0 Å². The molecule has 0 atom stereocenters. The van der Waals surface area contributed by atoms with Gasteiger partial charge in [0, 0.05) is 0 Å². The van der Waals surface area contributed by atoms with E-state index < -0.39 is 22.5 Å². The third-order valence-electron chi connectivity index (χ3n) is 4.23. The molecule has 0 aliphatic carbocycles. The van der Waals surface area contributed by atoms with E-state index in [9.17, 15) is 13.2 Å². The van der Waals surface area contributed by atoms with E-state index in [1.54, 1.807) is 0 Å². The quantitative estimate of drug-likeness (QED) is 0.155. The van der Waals surface area contributed by atoms with E-state index in [0.717, 1.165) is 6.42 Å². The Hall–Kier alpha value is 0.540. The molecule has 0 aliphatic heterocycles. The van der Waals surface area contributed by atoms with E-state index in [2.05, 4.69) is 6.92 Å². The van der Waals surface area contributed by atoms with Crippen molar-refractivity contribution in [2.45, 2.75) is 110 Å². The Bertz CT molecular complexity index is 375. The van der Waals surface area contributed by atoms with Crippen molar-refractivity contribution in [1.82, 2.24) is 0 Å². The monoisotopic (exact) mass is 416 g/mol. The smallest absolute Gasteiger partial charge is 0.542 e. The van der Waals surface area contributed by atoms with Crippen LogP contribution in [0.25, 0.3) is 0 Å². The topological polar surface area (TPSA) is 91.7 Å². The van der Waals surface area contributed by atoms with Crippen LogP contribution in [0.15, 0.2) is 0 Å². The van der Waals surface area contributed by atoms with Gasteiger partial charge in [-0.3, -0.25) is 10.8 Å². The Labute approximate surface area is 190 Å². The Kier molecular flexibility index (Phi) is 31.7. The van der Waals surface area contributed by atoms with Gasteiger partial charge in [-0.1, -0.05) is 103 Å². The van der Waals surface area contributed by atoms with Crippen LogP contribution >= 0.6 is 0 Å². The van der Waals surface area contributed by atoms with Crippen molar-refractivity contribution < 1.29 is 52.4 Å². The van der Waals surface area contributed by atoms with E-state index in [1.165, 1.54) is 89.9 Å². The number of rotatable bonds is 18. The minimum absolute atomic E-state index is 0. The maximum Gasteiger partial charge on any atom is 1.00 e. The fraction of sp³-hybridized carbons (Fsp3) is 0.950. The maximum absolute atomic E-state index is 10.0. The zero-order chi connectivity index (χ0) is 19.9. The van der Waals surface area contributed by atoms with Crippen molar-refractivity contribution in [3.63, 3.8) is 0 Å². The first-order chi connectivity index (χ1) is 12.5. The van der Waals surface area contributed by atoms with Crippen LogP contribution in [0.1, 0.15) is 110 Å². The molecule has 0 aromatic rings. The predicted molar refractivity (Wildman–Crippen MR) is 109 cm³/mol. The molecule has 0 heterocycles. The van der Waals surface area contributed by atoms with Crippen LogP contribution in [0.2, 0.25) is 0 Å². The summed E-state index contributed by atoms with van der Waals surface area (Å²) < 4.78 is 27.1. The third-order valence-corrected chi connectivity index (χ3v) is 4.93. The van der Waals surface area contributed by atoms with E-state index in [0.29, 0.717) is 6.42 Å². The van der Waals surface area contributed by atoms with Gasteiger partial charge < -0.3 is 9.90 Å². The summed E-state index contributed by atoms with van der Waals surface area (Å²) in [4.78, 5) is 10.0. The number of hydrogen-bond donors (Lipinski definition) is 2. The van der Waals surface area contributed by atoms with Gasteiger partial charge in [-0.15, -0.1) is 0 Å². The molecule has 2 N–H and O–H groups in total. The fourth-order valence-electron chi connectivity index (χ4n) is 2.68. The van der Waals surface area contributed by atoms with Crippen LogP contribution in [-0.2, 0) is 14.9 Å². The van der Waals surface area contributed by atoms with Crippen molar-refractivity contribution in [3.05, 3.63) is 0 Å². The summed E-state index contributed by atoms with van der Waals surface area (Å²) in [5, 5.41) is 7.86. The van der Waals surface area contributed by atoms with Gasteiger partial charge in [0.2, 0.25) is 0 Å². The summed E-state index contributed by atoms with van der Waals surface area (Å²) in [5.74, 6) is -0.576. The Morgan fingerprint density at radius 2 is 1.04 bits per heavy atom. The summed E-state index contributed by atoms with van der Waals surface area (Å²) in [7, 11) is -3.92. The second kappa shape index (κ2) is 26.5. The first-order valence-electron chi connectivity index (χ1n) is 10.4. The molecule has 0 saturated carbocycles. The maximum atomic E-state index is 10.0. The van der Waals surface area contributed by atoms with Crippen LogP contribution in [-0.4, -0.2) is 36.7 Å². The second-order valence-electron chi connectivity index (χ2n) is 6.85. The van der Waals surface area contributed by atoms with Crippen LogP contribution in [0.4, 0.5) is 0 Å². The molecule has 0 amide bonds. The van der Waals surface area contributed by atoms with E-state index in [4.69, 9.17) is 9.66 Å². The molecule has 0 aliphatic rings. The van der Waals surface area contributed by atoms with Crippen LogP contribution in [0.5, 0.6) is 0 Å². The van der Waals surface area contributed by atoms with Gasteiger partial charge in [0.25, 0.3) is 10.1 Å². The number of unbranched alkanes of at least 4 members (excludes halogenated alkanes) is 15. The summed E-state index contributed by atoms with van der Waals surface area (Å²) in [5.41, 5.74) is 0. The summed E-state index contributed by atoms with van der Waals surface area (Å²) in [6, 6.07) is 0. The van der Waals surface area contributed by atoms with Gasteiger partial charge in [0.05, 0.1) is 12.4 Å². The van der Waals surface area contributed by atoms with Crippen LogP contribution in [0.3, 0.4) is 0 Å². The predicted octanol–water partition coefficient (Wildman–Crippen LogP) is 2.23. The average Bonchev–Trinajstić information content (AvgIpc) is 2.58. The molecule has 0 radical (unpaired) electrons. The number of carbonyl (C=O) groups excluding carboxylic acids is 1. The fourth-order valence-corrected chi connectivity index (χ4v) is 2.91. The van der Waals surface area contributed by atoms with Crippen LogP contribution < -0.4 is 29.6 Å².